The molecule has 2 N–H and O–H groups in total. The molecule has 0 atom stereocenters. The number of hydrogen-bond donors (Lipinski definition) is 2. The molecule has 0 saturated carbocycles. The Hall–Kier alpha value is -4.80. The van der Waals surface area contributed by atoms with Crippen LogP contribution in [0.15, 0.2) is 60.9 Å². The number of anilines is 2. The number of nitrogens with zero attached hydrogens (tertiary/aromatic N) is 4. The van der Waals surface area contributed by atoms with E-state index in [0.717, 1.165) is 72.6 Å². The summed E-state index contributed by atoms with van der Waals surface area (Å²) in [7, 11) is 3.26. The summed E-state index contributed by atoms with van der Waals surface area (Å²) in [5.41, 5.74) is 7.59. The van der Waals surface area contributed by atoms with Gasteiger partial charge in [0.25, 0.3) is 11.8 Å². The lowest BCUT2D eigenvalue weighted by atomic mass is 9.94. The van der Waals surface area contributed by atoms with Gasteiger partial charge in [-0.2, -0.15) is 0 Å². The molecule has 4 aromatic rings. The summed E-state index contributed by atoms with van der Waals surface area (Å²) < 4.78 is 11.3. The third-order valence-corrected chi connectivity index (χ3v) is 9.93. The van der Waals surface area contributed by atoms with E-state index in [1.54, 1.807) is 38.7 Å². The van der Waals surface area contributed by atoms with Crippen molar-refractivity contribution in [2.24, 2.45) is 0 Å². The normalized spacial score (nSPS) is 15.4. The lowest BCUT2D eigenvalue weighted by molar-refractivity contribution is 0.101. The van der Waals surface area contributed by atoms with Crippen molar-refractivity contribution in [3.63, 3.8) is 0 Å². The quantitative estimate of drug-likeness (QED) is 0.171. The van der Waals surface area contributed by atoms with Gasteiger partial charge in [-0.3, -0.25) is 29.4 Å². The fourth-order valence-corrected chi connectivity index (χ4v) is 7.01. The Morgan fingerprint density at radius 3 is 1.42 bits per heavy atom. The fourth-order valence-electron chi connectivity index (χ4n) is 7.01. The molecule has 0 bridgehead atoms. The van der Waals surface area contributed by atoms with Crippen molar-refractivity contribution in [3.8, 4) is 22.6 Å². The van der Waals surface area contributed by atoms with E-state index < -0.39 is 0 Å². The molecule has 6 rings (SSSR count). The minimum atomic E-state index is -0.310. The van der Waals surface area contributed by atoms with Crippen molar-refractivity contribution in [2.75, 3.05) is 51.0 Å². The molecular formula is C40H48N6O4. The average Bonchev–Trinajstić information content (AvgIpc) is 3.14. The topological polar surface area (TPSA) is 109 Å². The van der Waals surface area contributed by atoms with Crippen LogP contribution in [0.1, 0.15) is 81.8 Å². The van der Waals surface area contributed by atoms with Crippen LogP contribution in [0.25, 0.3) is 11.1 Å². The molecule has 262 valence electrons. The number of piperidine rings is 2. The van der Waals surface area contributed by atoms with Crippen LogP contribution in [0.2, 0.25) is 0 Å². The zero-order valence-corrected chi connectivity index (χ0v) is 29.7. The molecule has 0 aliphatic carbocycles. The number of carbonyl (C=O) groups is 2. The van der Waals surface area contributed by atoms with Crippen molar-refractivity contribution in [1.29, 1.82) is 0 Å². The van der Waals surface area contributed by atoms with Gasteiger partial charge in [-0.05, 0) is 100 Å². The zero-order valence-electron chi connectivity index (χ0n) is 29.7. The second-order valence-corrected chi connectivity index (χ2v) is 13.3. The third kappa shape index (κ3) is 8.14. The summed E-state index contributed by atoms with van der Waals surface area (Å²) in [5.74, 6) is 0.710. The summed E-state index contributed by atoms with van der Waals surface area (Å²) in [6.45, 7) is 9.73. The van der Waals surface area contributed by atoms with Gasteiger partial charge in [0.15, 0.2) is 0 Å². The second kappa shape index (κ2) is 16.3. The van der Waals surface area contributed by atoms with Crippen LogP contribution in [0.3, 0.4) is 0 Å². The van der Waals surface area contributed by atoms with Gasteiger partial charge in [0, 0.05) is 60.1 Å². The highest BCUT2D eigenvalue weighted by atomic mass is 16.5. The van der Waals surface area contributed by atoms with Crippen molar-refractivity contribution < 1.29 is 19.1 Å². The lowest BCUT2D eigenvalue weighted by Crippen LogP contribution is -2.29. The first-order valence-corrected chi connectivity index (χ1v) is 17.7. The van der Waals surface area contributed by atoms with Crippen molar-refractivity contribution >= 4 is 23.2 Å². The first-order valence-electron chi connectivity index (χ1n) is 17.7. The van der Waals surface area contributed by atoms with Crippen LogP contribution >= 0.6 is 0 Å². The van der Waals surface area contributed by atoms with Crippen LogP contribution < -0.4 is 20.1 Å². The number of carbonyl (C=O) groups excluding carboxylic acids is 2. The predicted molar refractivity (Wildman–Crippen MR) is 197 cm³/mol. The lowest BCUT2D eigenvalue weighted by Gasteiger charge is -2.26. The Morgan fingerprint density at radius 1 is 0.640 bits per heavy atom. The van der Waals surface area contributed by atoms with Crippen LogP contribution in [-0.4, -0.2) is 72.0 Å². The summed E-state index contributed by atoms with van der Waals surface area (Å²) in [5, 5.41) is 6.11. The first kappa shape index (κ1) is 35.0. The van der Waals surface area contributed by atoms with Gasteiger partial charge in [0.1, 0.15) is 22.9 Å². The standard InChI is InChI=1S/C40H48N6O4/c1-27-31(13-11-15-33(27)43-39(47)35-21-37(49-3)29(23-41-35)25-45-17-7-5-8-18-45)32-14-12-16-34(28(32)2)44-40(48)36-22-38(50-4)30(24-42-36)26-46-19-9-6-10-20-46/h11-16,21-24H,5-10,17-20,25-26H2,1-4H3,(H,43,47)(H,44,48). The summed E-state index contributed by atoms with van der Waals surface area (Å²) in [6.07, 6.45) is 10.9. The third-order valence-electron chi connectivity index (χ3n) is 9.93. The summed E-state index contributed by atoms with van der Waals surface area (Å²) >= 11 is 0. The average molecular weight is 677 g/mol. The van der Waals surface area contributed by atoms with Gasteiger partial charge in [-0.1, -0.05) is 37.1 Å². The molecular weight excluding hydrogens is 628 g/mol. The van der Waals surface area contributed by atoms with Gasteiger partial charge >= 0.3 is 0 Å². The molecule has 2 aromatic carbocycles. The highest BCUT2D eigenvalue weighted by Gasteiger charge is 2.20. The number of likely N-dealkylation sites (tertiary alicyclic amines) is 2. The highest BCUT2D eigenvalue weighted by Crippen LogP contribution is 2.34. The number of pyridine rings is 2. The van der Waals surface area contributed by atoms with E-state index in [1.807, 2.05) is 50.2 Å². The molecule has 2 aliphatic rings. The number of hydrogen-bond acceptors (Lipinski definition) is 8. The molecule has 10 nitrogen and oxygen atoms in total. The molecule has 0 spiro atoms. The van der Waals surface area contributed by atoms with E-state index in [4.69, 9.17) is 9.47 Å². The van der Waals surface area contributed by atoms with E-state index in [1.165, 1.54) is 38.5 Å². The Kier molecular flexibility index (Phi) is 11.4. The number of amides is 2. The number of ether oxygens (including phenoxy) is 2. The number of benzene rings is 2. The molecule has 10 heteroatoms. The van der Waals surface area contributed by atoms with Crippen molar-refractivity contribution in [3.05, 3.63) is 94.6 Å². The number of rotatable bonds is 11. The van der Waals surface area contributed by atoms with Gasteiger partial charge in [-0.25, -0.2) is 0 Å². The van der Waals surface area contributed by atoms with E-state index in [9.17, 15) is 9.59 Å². The SMILES string of the molecule is COc1cc(C(=O)Nc2cccc(-c3cccc(NC(=O)c4cc(OC)c(CN5CCCCC5)cn4)c3C)c2C)ncc1CN1CCCCC1. The molecule has 50 heavy (non-hydrogen) atoms. The maximum Gasteiger partial charge on any atom is 0.274 e. The minimum absolute atomic E-state index is 0.291. The van der Waals surface area contributed by atoms with Crippen molar-refractivity contribution in [2.45, 2.75) is 65.5 Å². The fraction of sp³-hybridized carbons (Fsp3) is 0.400. The first-order chi connectivity index (χ1) is 24.3. The van der Waals surface area contributed by atoms with Gasteiger partial charge in [-0.15, -0.1) is 0 Å². The summed E-state index contributed by atoms with van der Waals surface area (Å²) in [4.78, 5) is 40.7. The molecule has 2 saturated heterocycles. The zero-order chi connectivity index (χ0) is 35.0. The Bertz CT molecular complexity index is 1700. The minimum Gasteiger partial charge on any atom is -0.496 e. The predicted octanol–water partition coefficient (Wildman–Crippen LogP) is 7.25. The molecule has 0 unspecified atom stereocenters. The van der Waals surface area contributed by atoms with Gasteiger partial charge in [0.2, 0.25) is 0 Å². The van der Waals surface area contributed by atoms with Crippen LogP contribution in [0.4, 0.5) is 11.4 Å². The molecule has 2 fully saturated rings. The Labute approximate surface area is 295 Å². The van der Waals surface area contributed by atoms with Gasteiger partial charge in [0.05, 0.1) is 14.2 Å². The molecule has 2 aromatic heterocycles. The summed E-state index contributed by atoms with van der Waals surface area (Å²) in [6, 6.07) is 15.1. The molecule has 2 amide bonds. The Morgan fingerprint density at radius 2 is 1.04 bits per heavy atom. The molecule has 4 heterocycles. The van der Waals surface area contributed by atoms with E-state index in [-0.39, 0.29) is 11.8 Å². The largest absolute Gasteiger partial charge is 0.496 e. The van der Waals surface area contributed by atoms with Crippen LogP contribution in [-0.2, 0) is 13.1 Å². The van der Waals surface area contributed by atoms with Crippen LogP contribution in [0.5, 0.6) is 11.5 Å². The Balaban J connectivity index is 1.16. The van der Waals surface area contributed by atoms with E-state index in [2.05, 4.69) is 30.4 Å². The van der Waals surface area contributed by atoms with E-state index in [0.29, 0.717) is 34.3 Å². The smallest absolute Gasteiger partial charge is 0.274 e. The molecule has 2 aliphatic heterocycles. The number of nitrogens with one attached hydrogen (secondary N) is 2. The number of aromatic nitrogens is 2. The maximum absolute atomic E-state index is 13.4. The van der Waals surface area contributed by atoms with Gasteiger partial charge < -0.3 is 20.1 Å². The maximum atomic E-state index is 13.4. The number of methoxy groups -OCH3 is 2. The van der Waals surface area contributed by atoms with Crippen LogP contribution in [0, 0.1) is 13.8 Å². The second-order valence-electron chi connectivity index (χ2n) is 13.3. The highest BCUT2D eigenvalue weighted by molar-refractivity contribution is 6.05. The monoisotopic (exact) mass is 676 g/mol. The van der Waals surface area contributed by atoms with Crippen molar-refractivity contribution in [1.82, 2.24) is 19.8 Å². The van der Waals surface area contributed by atoms with E-state index >= 15 is 0 Å². The molecule has 0 radical (unpaired) electrons.